The van der Waals surface area contributed by atoms with Crippen molar-refractivity contribution >= 4 is 35.3 Å². The normalized spacial score (nSPS) is 17.9. The molecule has 4 N–H and O–H groups in total. The van der Waals surface area contributed by atoms with Crippen molar-refractivity contribution < 1.29 is 13.5 Å². The van der Waals surface area contributed by atoms with E-state index in [2.05, 4.69) is 22.1 Å². The first kappa shape index (κ1) is 30.5. The van der Waals surface area contributed by atoms with Crippen LogP contribution >= 0.6 is 11.8 Å². The zero-order valence-corrected chi connectivity index (χ0v) is 25.2. The number of ether oxygens (including phenoxy) is 1. The molecule has 1 aromatic carbocycles. The molecule has 41 heavy (non-hydrogen) atoms. The Morgan fingerprint density at radius 1 is 1.20 bits per heavy atom. The van der Waals surface area contributed by atoms with Crippen LogP contribution in [0.3, 0.4) is 0 Å². The lowest BCUT2D eigenvalue weighted by Crippen LogP contribution is -2.26. The average molecular weight is 584 g/mol. The molecule has 11 heteroatoms. The highest BCUT2D eigenvalue weighted by Crippen LogP contribution is 2.43. The molecule has 0 unspecified atom stereocenters. The number of benzene rings is 1. The number of aromatic amines is 1. The van der Waals surface area contributed by atoms with Crippen molar-refractivity contribution in [2.24, 2.45) is 21.6 Å². The predicted octanol–water partition coefficient (Wildman–Crippen LogP) is 6.35. The van der Waals surface area contributed by atoms with Gasteiger partial charge in [-0.15, -0.1) is 11.8 Å². The van der Waals surface area contributed by atoms with Gasteiger partial charge in [-0.25, -0.2) is 13.8 Å². The fourth-order valence-corrected chi connectivity index (χ4v) is 5.11. The molecule has 0 bridgehead atoms. The summed E-state index contributed by atoms with van der Waals surface area (Å²) < 4.78 is 35.5. The van der Waals surface area contributed by atoms with E-state index >= 15 is 8.78 Å². The molecule has 8 nitrogen and oxygen atoms in total. The van der Waals surface area contributed by atoms with E-state index in [4.69, 9.17) is 20.5 Å². The molecule has 1 saturated heterocycles. The van der Waals surface area contributed by atoms with Crippen LogP contribution in [-0.2, 0) is 4.74 Å². The summed E-state index contributed by atoms with van der Waals surface area (Å²) in [4.78, 5) is 11.6. The lowest BCUT2D eigenvalue weighted by molar-refractivity contribution is 0.0872. The van der Waals surface area contributed by atoms with Gasteiger partial charge in [-0.3, -0.25) is 10.1 Å². The molecular formula is C30H39F2N7OS. The number of aliphatic imine (C=N–C) groups is 2. The number of amidine groups is 1. The van der Waals surface area contributed by atoms with E-state index in [1.807, 2.05) is 26.1 Å². The number of aryl methyl sites for hydroxylation is 1. The van der Waals surface area contributed by atoms with Gasteiger partial charge in [0.25, 0.3) is 0 Å². The number of nitrogens with one attached hydrogen (secondary N) is 2. The minimum atomic E-state index is -0.659. The average Bonchev–Trinajstić information content (AvgIpc) is 3.68. The summed E-state index contributed by atoms with van der Waals surface area (Å²) in [7, 11) is 1.59. The number of halogens is 2. The third-order valence-corrected chi connectivity index (χ3v) is 7.90. The summed E-state index contributed by atoms with van der Waals surface area (Å²) in [5.41, 5.74) is 9.97. The maximum absolute atomic E-state index is 15.0. The van der Waals surface area contributed by atoms with Crippen molar-refractivity contribution in [3.8, 4) is 0 Å². The number of hydrogen-bond donors (Lipinski definition) is 3. The number of anilines is 2. The fraction of sp³-hybridized carbons (Fsp3) is 0.433. The summed E-state index contributed by atoms with van der Waals surface area (Å²) in [5.74, 6) is 0.308. The number of rotatable bonds is 10. The van der Waals surface area contributed by atoms with Crippen molar-refractivity contribution in [2.75, 3.05) is 36.7 Å². The van der Waals surface area contributed by atoms with Crippen LogP contribution < -0.4 is 16.0 Å². The Morgan fingerprint density at radius 2 is 1.85 bits per heavy atom. The number of nitrogens with two attached hydrogens (primary N) is 1. The molecule has 0 amide bonds. The molecule has 2 heterocycles. The monoisotopic (exact) mass is 583 g/mol. The van der Waals surface area contributed by atoms with Gasteiger partial charge in [-0.05, 0) is 76.3 Å². The van der Waals surface area contributed by atoms with Crippen molar-refractivity contribution in [2.45, 2.75) is 57.4 Å². The molecule has 2 aromatic rings. The molecule has 2 aliphatic rings. The van der Waals surface area contributed by atoms with Crippen LogP contribution in [-0.4, -0.2) is 54.8 Å². The molecule has 0 atom stereocenters. The smallest absolute Gasteiger partial charge is 0.153 e. The van der Waals surface area contributed by atoms with Gasteiger partial charge in [0, 0.05) is 60.0 Å². The molecule has 1 aromatic heterocycles. The number of allylic oxidation sites excluding steroid dienone is 4. The Morgan fingerprint density at radius 3 is 2.39 bits per heavy atom. The number of H-pyrrole nitrogens is 1. The van der Waals surface area contributed by atoms with E-state index < -0.39 is 11.6 Å². The highest BCUT2D eigenvalue weighted by molar-refractivity contribution is 7.98. The van der Waals surface area contributed by atoms with E-state index in [1.165, 1.54) is 28.8 Å². The molecule has 0 spiro atoms. The number of aromatic nitrogens is 2. The van der Waals surface area contributed by atoms with Crippen LogP contribution in [0.25, 0.3) is 0 Å². The number of nitrogens with zero attached hydrogens (tertiary/aromatic N) is 4. The lowest BCUT2D eigenvalue weighted by Gasteiger charge is -2.23. The largest absolute Gasteiger partial charge is 0.402 e. The Balaban J connectivity index is 1.77. The van der Waals surface area contributed by atoms with Crippen LogP contribution in [0.15, 0.2) is 67.9 Å². The standard InChI is InChI=1S/C30H39F2N7OS/c1-17-13-27(38-37-17)36-30(35-20(4)39(5)29-25(31)14-23(41-6)15-26(29)32)28(21-7-8-21)18(2)24(19(3)33)16-34-22-9-11-40-12-10-22/h13-16,21-22H,2,7-12,33H2,1,3-6H3,(H2,36,37,38)/b24-19+,30-28-,34-16?,35-20+. The second-order valence-electron chi connectivity index (χ2n) is 10.5. The summed E-state index contributed by atoms with van der Waals surface area (Å²) in [6.45, 7) is 11.3. The van der Waals surface area contributed by atoms with Gasteiger partial charge in [0.1, 0.15) is 17.3 Å². The van der Waals surface area contributed by atoms with Crippen molar-refractivity contribution in [3.05, 3.63) is 70.3 Å². The van der Waals surface area contributed by atoms with Crippen LogP contribution in [0.1, 0.15) is 45.2 Å². The number of thioether (sulfide) groups is 1. The van der Waals surface area contributed by atoms with Crippen LogP contribution in [0.2, 0.25) is 0 Å². The maximum Gasteiger partial charge on any atom is 0.153 e. The minimum Gasteiger partial charge on any atom is -0.402 e. The highest BCUT2D eigenvalue weighted by Gasteiger charge is 2.32. The van der Waals surface area contributed by atoms with E-state index in [0.717, 1.165) is 42.5 Å². The predicted molar refractivity (Wildman–Crippen MR) is 165 cm³/mol. The third-order valence-electron chi connectivity index (χ3n) is 7.19. The Labute approximate surface area is 244 Å². The highest BCUT2D eigenvalue weighted by atomic mass is 32.2. The molecule has 4 rings (SSSR count). The van der Waals surface area contributed by atoms with Gasteiger partial charge in [0.15, 0.2) is 17.5 Å². The summed E-state index contributed by atoms with van der Waals surface area (Å²) in [6.07, 6.45) is 7.21. The molecule has 2 fully saturated rings. The third kappa shape index (κ3) is 7.65. The van der Waals surface area contributed by atoms with Crippen molar-refractivity contribution in [3.63, 3.8) is 0 Å². The second kappa shape index (κ2) is 13.5. The van der Waals surface area contributed by atoms with E-state index in [9.17, 15) is 0 Å². The van der Waals surface area contributed by atoms with Gasteiger partial charge >= 0.3 is 0 Å². The van der Waals surface area contributed by atoms with Gasteiger partial charge in [0.05, 0.1) is 6.04 Å². The SMILES string of the molecule is C=C(/C(C=NC1CCOCC1)=C(\C)N)/C(=C(\N=C(/C)N(C)c1c(F)cc(SC)cc1F)Nc1cc(C)[nH]n1)C1CC1. The second-order valence-corrected chi connectivity index (χ2v) is 11.3. The fourth-order valence-electron chi connectivity index (χ4n) is 4.67. The van der Waals surface area contributed by atoms with Gasteiger partial charge in [-0.2, -0.15) is 5.10 Å². The topological polar surface area (TPSA) is 104 Å². The van der Waals surface area contributed by atoms with Crippen LogP contribution in [0, 0.1) is 24.5 Å². The molecule has 0 radical (unpaired) electrons. The van der Waals surface area contributed by atoms with E-state index in [0.29, 0.717) is 46.9 Å². The lowest BCUT2D eigenvalue weighted by atomic mass is 9.94. The summed E-state index contributed by atoms with van der Waals surface area (Å²) in [5, 5.41) is 10.6. The Kier molecular flexibility index (Phi) is 10.0. The maximum atomic E-state index is 15.0. The molecule has 1 saturated carbocycles. The Bertz CT molecular complexity index is 1370. The summed E-state index contributed by atoms with van der Waals surface area (Å²) >= 11 is 1.28. The zero-order valence-electron chi connectivity index (χ0n) is 24.4. The van der Waals surface area contributed by atoms with E-state index in [-0.39, 0.29) is 17.6 Å². The van der Waals surface area contributed by atoms with E-state index in [1.54, 1.807) is 20.2 Å². The van der Waals surface area contributed by atoms with Crippen molar-refractivity contribution in [1.29, 1.82) is 0 Å². The van der Waals surface area contributed by atoms with Gasteiger partial charge < -0.3 is 20.7 Å². The molecule has 1 aliphatic carbocycles. The van der Waals surface area contributed by atoms with Crippen molar-refractivity contribution in [1.82, 2.24) is 10.2 Å². The number of hydrogen-bond acceptors (Lipinski definition) is 7. The summed E-state index contributed by atoms with van der Waals surface area (Å²) in [6, 6.07) is 4.68. The van der Waals surface area contributed by atoms with Crippen LogP contribution in [0.5, 0.6) is 0 Å². The first-order valence-corrected chi connectivity index (χ1v) is 14.9. The first-order valence-electron chi connectivity index (χ1n) is 13.7. The Hall–Kier alpha value is -3.44. The van der Waals surface area contributed by atoms with Crippen LogP contribution in [0.4, 0.5) is 20.3 Å². The first-order chi connectivity index (χ1) is 19.6. The minimum absolute atomic E-state index is 0.167. The zero-order chi connectivity index (χ0) is 29.7. The van der Waals surface area contributed by atoms with Gasteiger partial charge in [0.2, 0.25) is 0 Å². The molecule has 220 valence electrons. The molecule has 1 aliphatic heterocycles. The van der Waals surface area contributed by atoms with Gasteiger partial charge in [-0.1, -0.05) is 6.58 Å². The molecular weight excluding hydrogens is 544 g/mol. The quantitative estimate of drug-likeness (QED) is 0.130.